The molecule has 0 fully saturated rings. The molecule has 18 heavy (non-hydrogen) atoms. The van der Waals surface area contributed by atoms with E-state index in [1.54, 1.807) is 0 Å². The summed E-state index contributed by atoms with van der Waals surface area (Å²) < 4.78 is 5.72. The Hall–Kier alpha value is -2.92. The second-order valence-electron chi connectivity index (χ2n) is 1.51. The van der Waals surface area contributed by atoms with Crippen molar-refractivity contribution < 1.29 is 27.9 Å². The van der Waals surface area contributed by atoms with Crippen LogP contribution in [0.4, 0.5) is 0 Å². The van der Waals surface area contributed by atoms with Gasteiger partial charge in [0.1, 0.15) is 0 Å². The van der Waals surface area contributed by atoms with E-state index >= 15 is 0 Å². The summed E-state index contributed by atoms with van der Waals surface area (Å²) in [6, 6.07) is 0. The van der Waals surface area contributed by atoms with Gasteiger partial charge in [0.05, 0.1) is 0 Å². The van der Waals surface area contributed by atoms with Crippen LogP contribution in [0.15, 0.2) is 0 Å². The number of nitrogens with zero attached hydrogens (tertiary/aromatic N) is 8. The average molecular weight is 373 g/mol. The quantitative estimate of drug-likeness (QED) is 0.535. The fourth-order valence-electron chi connectivity index (χ4n) is 0.190. The molecule has 92 valence electrons. The van der Waals surface area contributed by atoms with E-state index in [-0.39, 0.29) is 0 Å². The van der Waals surface area contributed by atoms with Gasteiger partial charge in [0.25, 0.3) is 0 Å². The maximum atomic E-state index is 8.13. The minimum atomic E-state index is -3.58. The Balaban J connectivity index is 0. The molecule has 0 aliphatic carbocycles. The van der Waals surface area contributed by atoms with Crippen molar-refractivity contribution >= 4 is 0 Å². The van der Waals surface area contributed by atoms with Gasteiger partial charge in [0, 0.05) is 0 Å². The van der Waals surface area contributed by atoms with Crippen LogP contribution in [0.3, 0.4) is 0 Å². The van der Waals surface area contributed by atoms with Crippen LogP contribution in [-0.4, -0.2) is 0 Å². The van der Waals surface area contributed by atoms with Crippen molar-refractivity contribution in [2.24, 2.45) is 0 Å². The standard InChI is InChI=1S/8CN.Ni.Pd/c8*1-2;;. The Morgan fingerprint density at radius 3 is 0.722 bits per heavy atom. The van der Waals surface area contributed by atoms with Crippen LogP contribution in [0.5, 0.6) is 0 Å². The van der Waals surface area contributed by atoms with Crippen LogP contribution in [0.2, 0.25) is 0 Å². The summed E-state index contributed by atoms with van der Waals surface area (Å²) in [7, 11) is 0. The Labute approximate surface area is 108 Å². The van der Waals surface area contributed by atoms with E-state index in [1.165, 1.54) is 38.3 Å². The second-order valence-corrected chi connectivity index (χ2v) is 7.60. The molecule has 0 radical (unpaired) electrons. The molecule has 10 heteroatoms. The zero-order chi connectivity index (χ0) is 14.7. The first-order valence-corrected chi connectivity index (χ1v) is 8.14. The van der Waals surface area contributed by atoms with Crippen LogP contribution in [0.25, 0.3) is 0 Å². The van der Waals surface area contributed by atoms with Crippen LogP contribution < -0.4 is 0 Å². The molecule has 0 rings (SSSR count). The third-order valence-electron chi connectivity index (χ3n) is 0.849. The van der Waals surface area contributed by atoms with Gasteiger partial charge < -0.3 is 0 Å². The molecular weight excluding hydrogens is 373 g/mol. The second kappa shape index (κ2) is 8.25. The summed E-state index contributed by atoms with van der Waals surface area (Å²) in [5.41, 5.74) is 0. The van der Waals surface area contributed by atoms with E-state index in [4.69, 9.17) is 42.1 Å². The van der Waals surface area contributed by atoms with Crippen LogP contribution in [-0.2, 0) is 27.9 Å². The van der Waals surface area contributed by atoms with Crippen molar-refractivity contribution in [1.82, 2.24) is 0 Å². The van der Waals surface area contributed by atoms with Gasteiger partial charge in [-0.3, -0.25) is 0 Å². The van der Waals surface area contributed by atoms with E-state index < -0.39 is 27.9 Å². The summed E-state index contributed by atoms with van der Waals surface area (Å²) >= 11 is -6.61. The molecule has 0 aliphatic heterocycles. The Kier molecular flexibility index (Phi) is 8.01. The van der Waals surface area contributed by atoms with Gasteiger partial charge in [-0.1, -0.05) is 0 Å². The van der Waals surface area contributed by atoms with Crippen LogP contribution in [0.1, 0.15) is 0 Å². The zero-order valence-electron chi connectivity index (χ0n) is 8.21. The average Bonchev–Trinajstić information content (AvgIpc) is 2.46. The zero-order valence-corrected chi connectivity index (χ0v) is 10.8. The number of nitriles is 8. The van der Waals surface area contributed by atoms with Gasteiger partial charge in [-0.05, 0) is 0 Å². The molecule has 0 amide bonds. The summed E-state index contributed by atoms with van der Waals surface area (Å²) in [5, 5.41) is 70.4. The number of hydrogen-bond donors (Lipinski definition) is 0. The molecular formula is C8N8NiPd. The molecule has 0 spiro atoms. The molecule has 0 saturated carbocycles. The molecule has 0 unspecified atom stereocenters. The first-order valence-electron chi connectivity index (χ1n) is 3.05. The van der Waals surface area contributed by atoms with Crippen molar-refractivity contribution in [3.05, 3.63) is 0 Å². The predicted molar refractivity (Wildman–Crippen MR) is 44.9 cm³/mol. The summed E-state index contributed by atoms with van der Waals surface area (Å²) in [5.74, 6) is 0. The Morgan fingerprint density at radius 2 is 0.722 bits per heavy atom. The van der Waals surface area contributed by atoms with E-state index in [9.17, 15) is 0 Å². The molecule has 8 nitrogen and oxygen atoms in total. The molecule has 0 bridgehead atoms. The van der Waals surface area contributed by atoms with Crippen molar-refractivity contribution in [2.45, 2.75) is 0 Å². The number of hydrogen-bond acceptors (Lipinski definition) is 8. The van der Waals surface area contributed by atoms with E-state index in [0.717, 1.165) is 0 Å². The van der Waals surface area contributed by atoms with Gasteiger partial charge in [-0.15, -0.1) is 0 Å². The Bertz CT molecular complexity index is 473. The van der Waals surface area contributed by atoms with E-state index in [0.29, 0.717) is 0 Å². The topological polar surface area (TPSA) is 190 Å². The molecule has 0 aromatic carbocycles. The Morgan fingerprint density at radius 1 is 0.500 bits per heavy atom. The molecule has 0 aromatic rings. The summed E-state index contributed by atoms with van der Waals surface area (Å²) in [6.07, 6.45) is 0. The van der Waals surface area contributed by atoms with Crippen molar-refractivity contribution in [2.75, 3.05) is 0 Å². The summed E-state index contributed by atoms with van der Waals surface area (Å²) in [6.45, 7) is 0. The normalized spacial score (nSPS) is 9.33. The monoisotopic (exact) mass is 372 g/mol. The van der Waals surface area contributed by atoms with Crippen LogP contribution in [0, 0.1) is 80.4 Å². The first-order chi connectivity index (χ1) is 8.49. The first kappa shape index (κ1) is 17.5. The molecule has 0 aliphatic rings. The minimum absolute atomic E-state index is 1.38. The fraction of sp³-hybridized carbons (Fsp3) is 0. The third kappa shape index (κ3) is 4.29. The number of rotatable bonds is 0. The van der Waals surface area contributed by atoms with Crippen molar-refractivity contribution in [3.8, 4) is 38.3 Å². The van der Waals surface area contributed by atoms with Crippen molar-refractivity contribution in [1.29, 1.82) is 42.1 Å². The van der Waals surface area contributed by atoms with Gasteiger partial charge in [-0.2, -0.15) is 0 Å². The van der Waals surface area contributed by atoms with Gasteiger partial charge >= 0.3 is 108 Å². The van der Waals surface area contributed by atoms with E-state index in [1.807, 2.05) is 0 Å². The van der Waals surface area contributed by atoms with Gasteiger partial charge in [-0.25, -0.2) is 0 Å². The van der Waals surface area contributed by atoms with E-state index in [2.05, 4.69) is 0 Å². The predicted octanol–water partition coefficient (Wildman–Crippen LogP) is 0.129. The molecule has 0 N–H and O–H groups in total. The molecule has 0 aromatic heterocycles. The molecule has 0 heterocycles. The van der Waals surface area contributed by atoms with Gasteiger partial charge in [0.15, 0.2) is 0 Å². The van der Waals surface area contributed by atoms with Gasteiger partial charge in [0.2, 0.25) is 0 Å². The van der Waals surface area contributed by atoms with Crippen LogP contribution >= 0.6 is 0 Å². The fourth-order valence-corrected chi connectivity index (χ4v) is 0.952. The molecule has 0 atom stereocenters. The maximum absolute atomic E-state index is 8.13. The third-order valence-corrected chi connectivity index (χ3v) is 4.26. The van der Waals surface area contributed by atoms with Crippen molar-refractivity contribution in [3.63, 3.8) is 0 Å². The molecule has 0 saturated heterocycles. The SMILES string of the molecule is N#[C][Ni]([C]#N)([C]#N)[C]#N.N#[C][Pd]([C]#N)([C]#N)[C]#N. The summed E-state index contributed by atoms with van der Waals surface area (Å²) in [4.78, 5) is 0.